The van der Waals surface area contributed by atoms with Crippen LogP contribution in [0.3, 0.4) is 0 Å². The van der Waals surface area contributed by atoms with E-state index < -0.39 is 0 Å². The Labute approximate surface area is 86.5 Å². The van der Waals surface area contributed by atoms with Gasteiger partial charge in [0.1, 0.15) is 0 Å². The number of aliphatic hydroxyl groups is 1. The summed E-state index contributed by atoms with van der Waals surface area (Å²) in [6.07, 6.45) is 0. The number of hydrogen-bond acceptors (Lipinski definition) is 4. The molecule has 84 valence electrons. The number of carbonyl (C=O) groups excluding carboxylic acids is 1. The second-order valence-electron chi connectivity index (χ2n) is 2.72. The molecule has 0 heterocycles. The monoisotopic (exact) mass is 203 g/mol. The van der Waals surface area contributed by atoms with Gasteiger partial charge in [-0.05, 0) is 12.8 Å². The highest BCUT2D eigenvalue weighted by Gasteiger charge is 1.82. The molecule has 0 fully saturated rings. The number of aliphatic hydroxyl groups excluding tert-OH is 1. The Kier molecular flexibility index (Phi) is 23.8. The zero-order valence-corrected chi connectivity index (χ0v) is 9.70. The van der Waals surface area contributed by atoms with Crippen LogP contribution >= 0.6 is 0 Å². The lowest BCUT2D eigenvalue weighted by atomic mass is 10.2. The Morgan fingerprint density at radius 3 is 1.86 bits per heavy atom. The summed E-state index contributed by atoms with van der Waals surface area (Å²) < 4.78 is 4.40. The second-order valence-corrected chi connectivity index (χ2v) is 2.72. The first-order chi connectivity index (χ1) is 6.45. The van der Waals surface area contributed by atoms with Crippen LogP contribution in [0.5, 0.6) is 0 Å². The summed E-state index contributed by atoms with van der Waals surface area (Å²) in [6.45, 7) is 9.33. The third-order valence-electron chi connectivity index (χ3n) is 0.713. The van der Waals surface area contributed by atoms with Gasteiger partial charge in [-0.2, -0.15) is 5.26 Å². The van der Waals surface area contributed by atoms with E-state index >= 15 is 0 Å². The maximum Gasteiger partial charge on any atom is 0.302 e. The summed E-state index contributed by atoms with van der Waals surface area (Å²) in [4.78, 5) is 9.82. The molecular weight excluding hydrogens is 182 g/mol. The van der Waals surface area contributed by atoms with Crippen molar-refractivity contribution in [1.82, 2.24) is 0 Å². The maximum absolute atomic E-state index is 9.82. The van der Waals surface area contributed by atoms with Gasteiger partial charge in [0.05, 0.1) is 12.7 Å². The minimum Gasteiger partial charge on any atom is -0.466 e. The average molecular weight is 203 g/mol. The third-order valence-corrected chi connectivity index (χ3v) is 0.713. The van der Waals surface area contributed by atoms with E-state index in [2.05, 4.69) is 4.74 Å². The summed E-state index contributed by atoms with van der Waals surface area (Å²) in [5.41, 5.74) is 0. The summed E-state index contributed by atoms with van der Waals surface area (Å²) in [7, 11) is 0. The molecule has 1 N–H and O–H groups in total. The maximum atomic E-state index is 9.82. The molecule has 0 saturated carbocycles. The Morgan fingerprint density at radius 1 is 1.57 bits per heavy atom. The molecule has 14 heavy (non-hydrogen) atoms. The number of ether oxygens (including phenoxy) is 1. The summed E-state index contributed by atoms with van der Waals surface area (Å²) >= 11 is 0. The first-order valence-electron chi connectivity index (χ1n) is 4.51. The van der Waals surface area contributed by atoms with Gasteiger partial charge >= 0.3 is 5.97 Å². The fourth-order valence-electron chi connectivity index (χ4n) is 0.203. The van der Waals surface area contributed by atoms with Gasteiger partial charge in [0.15, 0.2) is 0 Å². The Morgan fingerprint density at radius 2 is 1.86 bits per heavy atom. The van der Waals surface area contributed by atoms with Crippen molar-refractivity contribution in [3.05, 3.63) is 0 Å². The molecule has 0 spiro atoms. The van der Waals surface area contributed by atoms with Crippen LogP contribution in [-0.2, 0) is 9.53 Å². The van der Waals surface area contributed by atoms with Gasteiger partial charge in [-0.3, -0.25) is 4.79 Å². The molecule has 0 unspecified atom stereocenters. The zero-order valence-electron chi connectivity index (χ0n) is 9.70. The van der Waals surface area contributed by atoms with Crippen LogP contribution in [0.15, 0.2) is 0 Å². The number of nitriles is 1. The lowest BCUT2D eigenvalue weighted by molar-refractivity contribution is -0.140. The van der Waals surface area contributed by atoms with Gasteiger partial charge in [-0.15, -0.1) is 0 Å². The van der Waals surface area contributed by atoms with E-state index in [-0.39, 0.29) is 5.97 Å². The van der Waals surface area contributed by atoms with Crippen LogP contribution in [0.2, 0.25) is 0 Å². The molecule has 0 amide bonds. The summed E-state index contributed by atoms with van der Waals surface area (Å²) in [5, 5.41) is 15.5. The van der Waals surface area contributed by atoms with Crippen LogP contribution in [0.25, 0.3) is 0 Å². The van der Waals surface area contributed by atoms with Crippen LogP contribution in [0.1, 0.15) is 34.6 Å². The highest BCUT2D eigenvalue weighted by molar-refractivity contribution is 5.65. The van der Waals surface area contributed by atoms with Crippen molar-refractivity contribution in [3.63, 3.8) is 0 Å². The van der Waals surface area contributed by atoms with Crippen LogP contribution < -0.4 is 0 Å². The Hall–Kier alpha value is -1.08. The molecule has 0 aromatic carbocycles. The number of hydrogen-bond donors (Lipinski definition) is 1. The van der Waals surface area contributed by atoms with Crippen molar-refractivity contribution >= 4 is 5.97 Å². The number of rotatable bonds is 2. The molecule has 0 saturated heterocycles. The smallest absolute Gasteiger partial charge is 0.302 e. The number of nitrogens with zero attached hydrogens (tertiary/aromatic N) is 1. The van der Waals surface area contributed by atoms with Gasteiger partial charge < -0.3 is 9.84 Å². The summed E-state index contributed by atoms with van der Waals surface area (Å²) in [6, 6.07) is 1.75. The van der Waals surface area contributed by atoms with Crippen molar-refractivity contribution in [2.75, 3.05) is 13.2 Å². The molecule has 0 aromatic rings. The Balaban J connectivity index is -0.000000138. The van der Waals surface area contributed by atoms with E-state index in [9.17, 15) is 4.79 Å². The van der Waals surface area contributed by atoms with Gasteiger partial charge in [-0.1, -0.05) is 13.8 Å². The molecule has 0 radical (unpaired) electrons. The SMILES string of the molecule is CC#N.CC(C)CO.CCOC(C)=O. The minimum absolute atomic E-state index is 0.211. The van der Waals surface area contributed by atoms with E-state index in [1.54, 1.807) is 13.0 Å². The van der Waals surface area contributed by atoms with E-state index in [0.29, 0.717) is 19.1 Å². The van der Waals surface area contributed by atoms with Gasteiger partial charge in [0.25, 0.3) is 0 Å². The Bertz CT molecular complexity index is 150. The zero-order chi connectivity index (χ0) is 12.0. The highest BCUT2D eigenvalue weighted by atomic mass is 16.5. The fraction of sp³-hybridized carbons (Fsp3) is 0.800. The molecule has 0 rings (SSSR count). The van der Waals surface area contributed by atoms with Gasteiger partial charge in [-0.25, -0.2) is 0 Å². The second kappa shape index (κ2) is 17.9. The van der Waals surface area contributed by atoms with Crippen molar-refractivity contribution < 1.29 is 14.6 Å². The first-order valence-corrected chi connectivity index (χ1v) is 4.51. The van der Waals surface area contributed by atoms with Crippen molar-refractivity contribution in [1.29, 1.82) is 5.26 Å². The normalized spacial score (nSPS) is 7.29. The van der Waals surface area contributed by atoms with Crippen molar-refractivity contribution in [2.45, 2.75) is 34.6 Å². The van der Waals surface area contributed by atoms with E-state index in [0.717, 1.165) is 0 Å². The van der Waals surface area contributed by atoms with E-state index in [1.165, 1.54) is 13.8 Å². The molecule has 0 aliphatic carbocycles. The lowest BCUT2D eigenvalue weighted by Crippen LogP contribution is -1.95. The first kappa shape index (κ1) is 18.7. The quantitative estimate of drug-likeness (QED) is 0.694. The third kappa shape index (κ3) is 69.9. The fourth-order valence-corrected chi connectivity index (χ4v) is 0.203. The molecule has 0 atom stereocenters. The van der Waals surface area contributed by atoms with Crippen molar-refractivity contribution in [2.24, 2.45) is 5.92 Å². The number of esters is 1. The predicted molar refractivity (Wildman–Crippen MR) is 55.5 cm³/mol. The molecule has 0 aromatic heterocycles. The predicted octanol–water partition coefficient (Wildman–Crippen LogP) is 1.73. The standard InChI is InChI=1S/C4H8O2.C4H10O.C2H3N/c1-3-6-4(2)5;1-4(2)3-5;1-2-3/h3H2,1-2H3;4-5H,3H2,1-2H3;1H3. The van der Waals surface area contributed by atoms with Crippen molar-refractivity contribution in [3.8, 4) is 6.07 Å². The molecular formula is C10H21NO3. The molecule has 0 aliphatic rings. The van der Waals surface area contributed by atoms with Gasteiger partial charge in [0, 0.05) is 20.5 Å². The molecule has 4 heteroatoms. The molecule has 0 bridgehead atoms. The largest absolute Gasteiger partial charge is 0.466 e. The average Bonchev–Trinajstić information content (AvgIpc) is 2.06. The highest BCUT2D eigenvalue weighted by Crippen LogP contribution is 1.83. The molecule has 0 aliphatic heterocycles. The van der Waals surface area contributed by atoms with Crippen LogP contribution in [0.4, 0.5) is 0 Å². The minimum atomic E-state index is -0.211. The van der Waals surface area contributed by atoms with Gasteiger partial charge in [0.2, 0.25) is 0 Å². The molecule has 4 nitrogen and oxygen atoms in total. The topological polar surface area (TPSA) is 70.3 Å². The number of carbonyl (C=O) groups is 1. The summed E-state index contributed by atoms with van der Waals surface area (Å²) in [5.74, 6) is 0.229. The lowest BCUT2D eigenvalue weighted by Gasteiger charge is -1.90. The van der Waals surface area contributed by atoms with Crippen LogP contribution in [0, 0.1) is 17.2 Å². The van der Waals surface area contributed by atoms with E-state index in [4.69, 9.17) is 10.4 Å². The van der Waals surface area contributed by atoms with Crippen LogP contribution in [-0.4, -0.2) is 24.3 Å². The van der Waals surface area contributed by atoms with E-state index in [1.807, 2.05) is 13.8 Å².